The fraction of sp³-hybridized carbons (Fsp3) is 0.667. The van der Waals surface area contributed by atoms with Gasteiger partial charge >= 0.3 is 0 Å². The largest absolute Gasteiger partial charge is 0.389 e. The van der Waals surface area contributed by atoms with Gasteiger partial charge in [0.15, 0.2) is 0 Å². The topological polar surface area (TPSA) is 32.7 Å². The number of ether oxygens (including phenoxy) is 1. The average molecular weight is 291 g/mol. The first-order valence-electron chi connectivity index (χ1n) is 8.18. The van der Waals surface area contributed by atoms with Crippen LogP contribution in [0.3, 0.4) is 0 Å². The standard InChI is InChI=1S/C18H29NO2/c1-15-8-10-19(11-9-15)12-18(20)14-21-13-16(2)17-6-4-3-5-7-17/h3-7,15-16,18,20H,8-14H2,1-2H3. The first-order chi connectivity index (χ1) is 10.1. The third-order valence-electron chi connectivity index (χ3n) is 4.39. The molecule has 1 aliphatic rings. The van der Waals surface area contributed by atoms with Crippen LogP contribution in [-0.2, 0) is 4.74 Å². The predicted octanol–water partition coefficient (Wildman–Crippen LogP) is 2.90. The smallest absolute Gasteiger partial charge is 0.0900 e. The van der Waals surface area contributed by atoms with Crippen LogP contribution in [0.4, 0.5) is 0 Å². The van der Waals surface area contributed by atoms with E-state index in [9.17, 15) is 5.11 Å². The van der Waals surface area contributed by atoms with E-state index in [2.05, 4.69) is 43.0 Å². The summed E-state index contributed by atoms with van der Waals surface area (Å²) >= 11 is 0. The Kier molecular flexibility index (Phi) is 6.68. The zero-order chi connectivity index (χ0) is 15.1. The van der Waals surface area contributed by atoms with Crippen molar-refractivity contribution in [3.63, 3.8) is 0 Å². The lowest BCUT2D eigenvalue weighted by atomic mass is 9.99. The number of aliphatic hydroxyl groups excluding tert-OH is 1. The van der Waals surface area contributed by atoms with Gasteiger partial charge in [0.2, 0.25) is 0 Å². The monoisotopic (exact) mass is 291 g/mol. The number of piperidine rings is 1. The predicted molar refractivity (Wildman–Crippen MR) is 86.5 cm³/mol. The summed E-state index contributed by atoms with van der Waals surface area (Å²) < 4.78 is 5.70. The molecular formula is C18H29NO2. The second kappa shape index (κ2) is 8.52. The lowest BCUT2D eigenvalue weighted by Gasteiger charge is -2.31. The van der Waals surface area contributed by atoms with Crippen LogP contribution in [0.2, 0.25) is 0 Å². The van der Waals surface area contributed by atoms with Crippen molar-refractivity contribution in [2.45, 2.75) is 38.7 Å². The van der Waals surface area contributed by atoms with Crippen LogP contribution in [0, 0.1) is 5.92 Å². The number of hydrogen-bond donors (Lipinski definition) is 1. The second-order valence-corrected chi connectivity index (χ2v) is 6.49. The van der Waals surface area contributed by atoms with Crippen LogP contribution in [0.15, 0.2) is 30.3 Å². The molecule has 0 saturated carbocycles. The number of nitrogens with zero attached hydrogens (tertiary/aromatic N) is 1. The van der Waals surface area contributed by atoms with Gasteiger partial charge in [0.1, 0.15) is 0 Å². The van der Waals surface area contributed by atoms with Crippen LogP contribution < -0.4 is 0 Å². The van der Waals surface area contributed by atoms with E-state index in [1.807, 2.05) is 6.07 Å². The SMILES string of the molecule is CC1CCN(CC(O)COCC(C)c2ccccc2)CC1. The summed E-state index contributed by atoms with van der Waals surface area (Å²) in [6.07, 6.45) is 2.12. The Labute approximate surface area is 128 Å². The van der Waals surface area contributed by atoms with Gasteiger partial charge in [-0.05, 0) is 37.4 Å². The van der Waals surface area contributed by atoms with Crippen molar-refractivity contribution in [3.8, 4) is 0 Å². The summed E-state index contributed by atoms with van der Waals surface area (Å²) in [5.41, 5.74) is 1.29. The highest BCUT2D eigenvalue weighted by Gasteiger charge is 2.18. The van der Waals surface area contributed by atoms with E-state index in [4.69, 9.17) is 4.74 Å². The highest BCUT2D eigenvalue weighted by Crippen LogP contribution is 2.17. The molecule has 1 aromatic carbocycles. The fourth-order valence-corrected chi connectivity index (χ4v) is 2.85. The van der Waals surface area contributed by atoms with E-state index in [1.165, 1.54) is 18.4 Å². The Balaban J connectivity index is 1.62. The molecule has 0 aromatic heterocycles. The number of likely N-dealkylation sites (tertiary alicyclic amines) is 1. The number of benzene rings is 1. The normalized spacial score (nSPS) is 20.3. The van der Waals surface area contributed by atoms with E-state index in [0.29, 0.717) is 19.1 Å². The molecule has 0 bridgehead atoms. The maximum Gasteiger partial charge on any atom is 0.0900 e. The Morgan fingerprint density at radius 3 is 2.52 bits per heavy atom. The van der Waals surface area contributed by atoms with Crippen molar-refractivity contribution in [2.75, 3.05) is 32.8 Å². The molecule has 0 radical (unpaired) electrons. The van der Waals surface area contributed by atoms with E-state index < -0.39 is 0 Å². The summed E-state index contributed by atoms with van der Waals surface area (Å²) in [5.74, 6) is 1.20. The first-order valence-corrected chi connectivity index (χ1v) is 8.18. The molecular weight excluding hydrogens is 262 g/mol. The molecule has 0 aliphatic carbocycles. The molecule has 1 heterocycles. The molecule has 2 unspecified atom stereocenters. The summed E-state index contributed by atoms with van der Waals surface area (Å²) in [5, 5.41) is 10.1. The van der Waals surface area contributed by atoms with Gasteiger partial charge in [-0.25, -0.2) is 0 Å². The van der Waals surface area contributed by atoms with Crippen molar-refractivity contribution in [1.82, 2.24) is 4.90 Å². The van der Waals surface area contributed by atoms with Gasteiger partial charge in [-0.15, -0.1) is 0 Å². The zero-order valence-corrected chi connectivity index (χ0v) is 13.4. The van der Waals surface area contributed by atoms with E-state index >= 15 is 0 Å². The fourth-order valence-electron chi connectivity index (χ4n) is 2.85. The summed E-state index contributed by atoms with van der Waals surface area (Å²) in [4.78, 5) is 2.36. The highest BCUT2D eigenvalue weighted by atomic mass is 16.5. The minimum atomic E-state index is -0.374. The molecule has 3 heteroatoms. The van der Waals surface area contributed by atoms with Crippen LogP contribution >= 0.6 is 0 Å². The molecule has 1 aromatic rings. The minimum Gasteiger partial charge on any atom is -0.389 e. The molecule has 1 saturated heterocycles. The van der Waals surface area contributed by atoms with Gasteiger partial charge in [-0.2, -0.15) is 0 Å². The van der Waals surface area contributed by atoms with Crippen molar-refractivity contribution < 1.29 is 9.84 Å². The average Bonchev–Trinajstić information content (AvgIpc) is 2.50. The van der Waals surface area contributed by atoms with Gasteiger partial charge in [0.25, 0.3) is 0 Å². The van der Waals surface area contributed by atoms with Gasteiger partial charge in [0.05, 0.1) is 19.3 Å². The quantitative estimate of drug-likeness (QED) is 0.838. The van der Waals surface area contributed by atoms with Crippen LogP contribution in [-0.4, -0.2) is 49.0 Å². The molecule has 0 amide bonds. The molecule has 118 valence electrons. The van der Waals surface area contributed by atoms with Crippen molar-refractivity contribution >= 4 is 0 Å². The minimum absolute atomic E-state index is 0.370. The summed E-state index contributed by atoms with van der Waals surface area (Å²) in [6.45, 7) is 8.53. The van der Waals surface area contributed by atoms with Gasteiger partial charge in [-0.3, -0.25) is 0 Å². The first kappa shape index (κ1) is 16.5. The third kappa shape index (κ3) is 5.77. The van der Waals surface area contributed by atoms with Crippen LogP contribution in [0.1, 0.15) is 38.2 Å². The van der Waals surface area contributed by atoms with Crippen molar-refractivity contribution in [1.29, 1.82) is 0 Å². The molecule has 1 N–H and O–H groups in total. The molecule has 21 heavy (non-hydrogen) atoms. The highest BCUT2D eigenvalue weighted by molar-refractivity contribution is 5.18. The molecule has 1 aliphatic heterocycles. The number of hydrogen-bond acceptors (Lipinski definition) is 3. The van der Waals surface area contributed by atoms with Crippen LogP contribution in [0.25, 0.3) is 0 Å². The maximum absolute atomic E-state index is 10.1. The number of β-amino-alcohol motifs (C(OH)–C–C–N with tert-alkyl or cyclic N) is 1. The van der Waals surface area contributed by atoms with E-state index in [1.54, 1.807) is 0 Å². The zero-order valence-electron chi connectivity index (χ0n) is 13.4. The lowest BCUT2D eigenvalue weighted by Crippen LogP contribution is -2.40. The van der Waals surface area contributed by atoms with Gasteiger partial charge < -0.3 is 14.7 Å². The van der Waals surface area contributed by atoms with Gasteiger partial charge in [-0.1, -0.05) is 44.2 Å². The molecule has 3 nitrogen and oxygen atoms in total. The van der Waals surface area contributed by atoms with Gasteiger partial charge in [0, 0.05) is 12.5 Å². The Bertz CT molecular complexity index is 387. The molecule has 2 rings (SSSR count). The Hall–Kier alpha value is -0.900. The molecule has 0 spiro atoms. The summed E-state index contributed by atoms with van der Waals surface area (Å²) in [6, 6.07) is 10.4. The van der Waals surface area contributed by atoms with E-state index in [-0.39, 0.29) is 6.10 Å². The Morgan fingerprint density at radius 1 is 1.19 bits per heavy atom. The summed E-state index contributed by atoms with van der Waals surface area (Å²) in [7, 11) is 0. The van der Waals surface area contributed by atoms with Crippen molar-refractivity contribution in [2.24, 2.45) is 5.92 Å². The Morgan fingerprint density at radius 2 is 1.86 bits per heavy atom. The number of rotatable bonds is 7. The molecule has 1 fully saturated rings. The molecule has 2 atom stereocenters. The lowest BCUT2D eigenvalue weighted by molar-refractivity contribution is 0.00794. The third-order valence-corrected chi connectivity index (χ3v) is 4.39. The second-order valence-electron chi connectivity index (χ2n) is 6.49. The van der Waals surface area contributed by atoms with Crippen molar-refractivity contribution in [3.05, 3.63) is 35.9 Å². The maximum atomic E-state index is 10.1. The van der Waals surface area contributed by atoms with Crippen LogP contribution in [0.5, 0.6) is 0 Å². The van der Waals surface area contributed by atoms with E-state index in [0.717, 1.165) is 25.6 Å². The number of aliphatic hydroxyl groups is 1.